The third kappa shape index (κ3) is 3.69. The third-order valence-corrected chi connectivity index (χ3v) is 5.14. The SMILES string of the molecule is COCOCO[Si](C)(OC)c1ccccc1. The fourth-order valence-electron chi connectivity index (χ4n) is 1.27. The van der Waals surface area contributed by atoms with Crippen molar-refractivity contribution < 1.29 is 18.3 Å². The van der Waals surface area contributed by atoms with Crippen LogP contribution in [0.5, 0.6) is 0 Å². The summed E-state index contributed by atoms with van der Waals surface area (Å²) < 4.78 is 21.1. The van der Waals surface area contributed by atoms with Gasteiger partial charge < -0.3 is 18.3 Å². The quantitative estimate of drug-likeness (QED) is 0.409. The fraction of sp³-hybridized carbons (Fsp3) is 0.455. The van der Waals surface area contributed by atoms with Gasteiger partial charge in [-0.05, 0) is 11.7 Å². The second kappa shape index (κ2) is 6.77. The molecule has 0 saturated heterocycles. The van der Waals surface area contributed by atoms with Crippen LogP contribution >= 0.6 is 0 Å². The van der Waals surface area contributed by atoms with Crippen molar-refractivity contribution in [1.82, 2.24) is 0 Å². The lowest BCUT2D eigenvalue weighted by Gasteiger charge is -2.25. The van der Waals surface area contributed by atoms with Gasteiger partial charge in [-0.3, -0.25) is 0 Å². The maximum Gasteiger partial charge on any atom is 0.370 e. The van der Waals surface area contributed by atoms with Crippen LogP contribution in [0.1, 0.15) is 0 Å². The van der Waals surface area contributed by atoms with Gasteiger partial charge in [-0.1, -0.05) is 30.3 Å². The molecule has 0 amide bonds. The lowest BCUT2D eigenvalue weighted by Crippen LogP contribution is -2.50. The molecule has 0 bridgehead atoms. The molecule has 90 valence electrons. The van der Waals surface area contributed by atoms with E-state index in [2.05, 4.69) is 0 Å². The summed E-state index contributed by atoms with van der Waals surface area (Å²) >= 11 is 0. The minimum atomic E-state index is -2.33. The van der Waals surface area contributed by atoms with Crippen LogP contribution in [-0.4, -0.2) is 36.4 Å². The van der Waals surface area contributed by atoms with E-state index >= 15 is 0 Å². The zero-order valence-electron chi connectivity index (χ0n) is 9.93. The summed E-state index contributed by atoms with van der Waals surface area (Å²) in [4.78, 5) is 0. The van der Waals surface area contributed by atoms with Crippen LogP contribution in [0.4, 0.5) is 0 Å². The molecule has 0 heterocycles. The first-order valence-electron chi connectivity index (χ1n) is 5.04. The van der Waals surface area contributed by atoms with Crippen LogP contribution in [0, 0.1) is 0 Å². The van der Waals surface area contributed by atoms with Crippen molar-refractivity contribution >= 4 is 13.7 Å². The van der Waals surface area contributed by atoms with E-state index in [1.165, 1.54) is 0 Å². The molecule has 5 heteroatoms. The van der Waals surface area contributed by atoms with Gasteiger partial charge in [0.15, 0.2) is 0 Å². The predicted octanol–water partition coefficient (Wildman–Crippen LogP) is 1.21. The zero-order chi connectivity index (χ0) is 11.9. The summed E-state index contributed by atoms with van der Waals surface area (Å²) in [6.07, 6.45) is 0. The summed E-state index contributed by atoms with van der Waals surface area (Å²) in [5.41, 5.74) is 0. The standard InChI is InChI=1S/C11H18O4Si/c1-12-9-14-10-15-16(3,13-2)11-7-5-4-6-8-11/h4-8H,9-10H2,1-3H3. The van der Waals surface area contributed by atoms with Gasteiger partial charge >= 0.3 is 8.56 Å². The molecule has 1 rings (SSSR count). The van der Waals surface area contributed by atoms with Crippen molar-refractivity contribution in [2.24, 2.45) is 0 Å². The minimum absolute atomic E-state index is 0.180. The van der Waals surface area contributed by atoms with Crippen molar-refractivity contribution in [3.05, 3.63) is 30.3 Å². The summed E-state index contributed by atoms with van der Waals surface area (Å²) in [6, 6.07) is 9.92. The Hall–Kier alpha value is -0.723. The largest absolute Gasteiger partial charge is 0.394 e. The maximum absolute atomic E-state index is 5.68. The Balaban J connectivity index is 2.56. The predicted molar refractivity (Wildman–Crippen MR) is 63.6 cm³/mol. The first-order chi connectivity index (χ1) is 7.73. The highest BCUT2D eigenvalue weighted by Gasteiger charge is 2.32. The van der Waals surface area contributed by atoms with Crippen LogP contribution in [0.25, 0.3) is 0 Å². The van der Waals surface area contributed by atoms with Crippen molar-refractivity contribution in [1.29, 1.82) is 0 Å². The molecule has 0 saturated carbocycles. The average molecular weight is 242 g/mol. The van der Waals surface area contributed by atoms with E-state index in [1.54, 1.807) is 14.2 Å². The highest BCUT2D eigenvalue weighted by Crippen LogP contribution is 2.06. The smallest absolute Gasteiger partial charge is 0.370 e. The molecule has 0 aromatic heterocycles. The Morgan fingerprint density at radius 1 is 1.06 bits per heavy atom. The van der Waals surface area contributed by atoms with E-state index < -0.39 is 8.56 Å². The van der Waals surface area contributed by atoms with E-state index in [1.807, 2.05) is 36.9 Å². The normalized spacial score (nSPS) is 14.7. The molecule has 0 fully saturated rings. The molecule has 1 atom stereocenters. The molecular weight excluding hydrogens is 224 g/mol. The summed E-state index contributed by atoms with van der Waals surface area (Å²) in [7, 11) is 0.906. The highest BCUT2D eigenvalue weighted by atomic mass is 28.4. The molecule has 0 spiro atoms. The number of hydrogen-bond donors (Lipinski definition) is 0. The van der Waals surface area contributed by atoms with Crippen molar-refractivity contribution in [2.45, 2.75) is 6.55 Å². The van der Waals surface area contributed by atoms with Gasteiger partial charge in [0, 0.05) is 14.2 Å². The zero-order valence-corrected chi connectivity index (χ0v) is 10.9. The molecule has 0 N–H and O–H groups in total. The van der Waals surface area contributed by atoms with Crippen molar-refractivity contribution in [3.8, 4) is 0 Å². The van der Waals surface area contributed by atoms with Crippen LogP contribution in [0.3, 0.4) is 0 Å². The van der Waals surface area contributed by atoms with E-state index in [0.717, 1.165) is 5.19 Å². The lowest BCUT2D eigenvalue weighted by molar-refractivity contribution is -0.0914. The molecule has 1 aromatic carbocycles. The van der Waals surface area contributed by atoms with Crippen LogP contribution in [0.2, 0.25) is 6.55 Å². The van der Waals surface area contributed by atoms with E-state index in [9.17, 15) is 0 Å². The fourth-order valence-corrected chi connectivity index (χ4v) is 2.90. The van der Waals surface area contributed by atoms with Gasteiger partial charge in [0.2, 0.25) is 0 Å². The molecule has 1 unspecified atom stereocenters. The van der Waals surface area contributed by atoms with E-state index in [4.69, 9.17) is 18.3 Å². The van der Waals surface area contributed by atoms with Crippen LogP contribution in [-0.2, 0) is 18.3 Å². The third-order valence-electron chi connectivity index (χ3n) is 2.31. The second-order valence-electron chi connectivity index (χ2n) is 3.39. The van der Waals surface area contributed by atoms with Gasteiger partial charge in [-0.15, -0.1) is 0 Å². The maximum atomic E-state index is 5.68. The summed E-state index contributed by atoms with van der Waals surface area (Å²) in [5.74, 6) is 0. The molecule has 0 aliphatic carbocycles. The molecule has 0 aliphatic heterocycles. The first-order valence-corrected chi connectivity index (χ1v) is 7.36. The second-order valence-corrected chi connectivity index (χ2v) is 6.55. The van der Waals surface area contributed by atoms with Gasteiger partial charge in [0.05, 0.1) is 0 Å². The number of rotatable bonds is 7. The first kappa shape index (κ1) is 13.3. The molecular formula is C11H18O4Si. The van der Waals surface area contributed by atoms with Crippen LogP contribution < -0.4 is 5.19 Å². The van der Waals surface area contributed by atoms with Crippen molar-refractivity contribution in [2.75, 3.05) is 27.8 Å². The summed E-state index contributed by atoms with van der Waals surface area (Å²) in [5, 5.41) is 1.08. The highest BCUT2D eigenvalue weighted by molar-refractivity contribution is 6.79. The summed E-state index contributed by atoms with van der Waals surface area (Å²) in [6.45, 7) is 2.39. The number of ether oxygens (including phenoxy) is 2. The average Bonchev–Trinajstić information content (AvgIpc) is 2.35. The van der Waals surface area contributed by atoms with E-state index in [-0.39, 0.29) is 13.6 Å². The molecule has 0 radical (unpaired) electrons. The Bertz CT molecular complexity index is 293. The Morgan fingerprint density at radius 2 is 1.75 bits per heavy atom. The van der Waals surface area contributed by atoms with Gasteiger partial charge in [0.25, 0.3) is 0 Å². The molecule has 0 aliphatic rings. The topological polar surface area (TPSA) is 36.9 Å². The Labute approximate surface area is 97.3 Å². The van der Waals surface area contributed by atoms with Gasteiger partial charge in [-0.25, -0.2) is 0 Å². The lowest BCUT2D eigenvalue weighted by atomic mass is 10.4. The van der Waals surface area contributed by atoms with E-state index in [0.29, 0.717) is 0 Å². The number of benzene rings is 1. The number of hydrogen-bond acceptors (Lipinski definition) is 4. The number of methoxy groups -OCH3 is 1. The monoisotopic (exact) mass is 242 g/mol. The van der Waals surface area contributed by atoms with Crippen molar-refractivity contribution in [3.63, 3.8) is 0 Å². The molecule has 16 heavy (non-hydrogen) atoms. The van der Waals surface area contributed by atoms with Gasteiger partial charge in [-0.2, -0.15) is 0 Å². The molecule has 4 nitrogen and oxygen atoms in total. The van der Waals surface area contributed by atoms with Gasteiger partial charge in [0.1, 0.15) is 13.6 Å². The Morgan fingerprint density at radius 3 is 2.31 bits per heavy atom. The Kier molecular flexibility index (Phi) is 5.65. The van der Waals surface area contributed by atoms with Crippen LogP contribution in [0.15, 0.2) is 30.3 Å². The minimum Gasteiger partial charge on any atom is -0.394 e. The molecule has 1 aromatic rings.